The van der Waals surface area contributed by atoms with Crippen molar-refractivity contribution in [2.45, 2.75) is 18.2 Å². The zero-order valence-electron chi connectivity index (χ0n) is 15.9. The Morgan fingerprint density at radius 1 is 1.10 bits per heavy atom. The zero-order valence-corrected chi connectivity index (χ0v) is 16.7. The van der Waals surface area contributed by atoms with Gasteiger partial charge < -0.3 is 14.8 Å². The summed E-state index contributed by atoms with van der Waals surface area (Å²) in [6, 6.07) is 8.92. The number of nitrogens with one attached hydrogen (secondary N) is 1. The number of alkyl halides is 3. The van der Waals surface area contributed by atoms with E-state index >= 15 is 0 Å². The second-order valence-corrected chi connectivity index (χ2v) is 8.43. The standard InChI is InChI=1S/C19H19F3N2O5S/c1-13-2-3-14(12-17(13)30(26,27)24-8-10-28-11-9-24)18(25)23-15-4-6-16(7-5-15)29-19(20,21)22/h2-7,12H,8-11H2,1H3,(H,23,25). The van der Waals surface area contributed by atoms with Crippen LogP contribution in [0, 0.1) is 6.92 Å². The number of morpholine rings is 1. The van der Waals surface area contributed by atoms with E-state index in [0.717, 1.165) is 12.1 Å². The largest absolute Gasteiger partial charge is 0.573 e. The van der Waals surface area contributed by atoms with Gasteiger partial charge in [0.15, 0.2) is 0 Å². The summed E-state index contributed by atoms with van der Waals surface area (Å²) in [4.78, 5) is 12.6. The van der Waals surface area contributed by atoms with E-state index in [1.165, 1.54) is 34.6 Å². The lowest BCUT2D eigenvalue weighted by Gasteiger charge is -2.26. The first-order valence-electron chi connectivity index (χ1n) is 8.92. The van der Waals surface area contributed by atoms with Gasteiger partial charge in [0.25, 0.3) is 5.91 Å². The number of halogens is 3. The van der Waals surface area contributed by atoms with Crippen molar-refractivity contribution in [3.8, 4) is 5.75 Å². The summed E-state index contributed by atoms with van der Waals surface area (Å²) in [5, 5.41) is 2.52. The van der Waals surface area contributed by atoms with E-state index in [9.17, 15) is 26.4 Å². The molecule has 1 heterocycles. The smallest absolute Gasteiger partial charge is 0.406 e. The topological polar surface area (TPSA) is 84.9 Å². The molecule has 0 unspecified atom stereocenters. The Morgan fingerprint density at radius 3 is 2.33 bits per heavy atom. The highest BCUT2D eigenvalue weighted by molar-refractivity contribution is 7.89. The summed E-state index contributed by atoms with van der Waals surface area (Å²) in [5.41, 5.74) is 0.822. The average molecular weight is 444 g/mol. The Bertz CT molecular complexity index is 1020. The van der Waals surface area contributed by atoms with Crippen LogP contribution in [-0.4, -0.2) is 51.3 Å². The molecule has 3 rings (SSSR count). The number of nitrogens with zero attached hydrogens (tertiary/aromatic N) is 1. The molecule has 0 radical (unpaired) electrons. The van der Waals surface area contributed by atoms with Gasteiger partial charge in [0.2, 0.25) is 10.0 Å². The number of carbonyl (C=O) groups is 1. The first-order chi connectivity index (χ1) is 14.1. The molecule has 0 aromatic heterocycles. The molecule has 1 N–H and O–H groups in total. The van der Waals surface area contributed by atoms with Crippen molar-refractivity contribution in [1.82, 2.24) is 4.31 Å². The maximum absolute atomic E-state index is 12.9. The van der Waals surface area contributed by atoms with Gasteiger partial charge >= 0.3 is 6.36 Å². The third-order valence-electron chi connectivity index (χ3n) is 4.38. The Labute approximate surface area is 171 Å². The number of hydrogen-bond donors (Lipinski definition) is 1. The minimum atomic E-state index is -4.81. The van der Waals surface area contributed by atoms with Crippen LogP contribution in [0.2, 0.25) is 0 Å². The summed E-state index contributed by atoms with van der Waals surface area (Å²) in [6.45, 7) is 2.68. The fraction of sp³-hybridized carbons (Fsp3) is 0.316. The third kappa shape index (κ3) is 5.29. The van der Waals surface area contributed by atoms with Gasteiger partial charge in [0, 0.05) is 24.3 Å². The first-order valence-corrected chi connectivity index (χ1v) is 10.4. The Morgan fingerprint density at radius 2 is 1.73 bits per heavy atom. The maximum atomic E-state index is 12.9. The first kappa shape index (κ1) is 22.1. The molecule has 1 aliphatic heterocycles. The van der Waals surface area contributed by atoms with Crippen LogP contribution in [0.3, 0.4) is 0 Å². The van der Waals surface area contributed by atoms with E-state index in [1.807, 2.05) is 0 Å². The van der Waals surface area contributed by atoms with Crippen molar-refractivity contribution >= 4 is 21.6 Å². The SMILES string of the molecule is Cc1ccc(C(=O)Nc2ccc(OC(F)(F)F)cc2)cc1S(=O)(=O)N1CCOCC1. The molecule has 0 spiro atoms. The van der Waals surface area contributed by atoms with Crippen molar-refractivity contribution in [2.24, 2.45) is 0 Å². The van der Waals surface area contributed by atoms with Crippen LogP contribution >= 0.6 is 0 Å². The number of benzene rings is 2. The van der Waals surface area contributed by atoms with Crippen LogP contribution in [0.1, 0.15) is 15.9 Å². The van der Waals surface area contributed by atoms with E-state index in [2.05, 4.69) is 10.1 Å². The molecular formula is C19H19F3N2O5S. The van der Waals surface area contributed by atoms with Gasteiger partial charge in [0.05, 0.1) is 18.1 Å². The number of hydrogen-bond acceptors (Lipinski definition) is 5. The number of carbonyl (C=O) groups excluding carboxylic acids is 1. The number of amides is 1. The molecule has 1 saturated heterocycles. The van der Waals surface area contributed by atoms with Crippen LogP contribution in [0.15, 0.2) is 47.4 Å². The lowest BCUT2D eigenvalue weighted by Crippen LogP contribution is -2.40. The van der Waals surface area contributed by atoms with Crippen molar-refractivity contribution in [3.63, 3.8) is 0 Å². The lowest BCUT2D eigenvalue weighted by molar-refractivity contribution is -0.274. The second-order valence-electron chi connectivity index (χ2n) is 6.52. The van der Waals surface area contributed by atoms with Gasteiger partial charge in [-0.2, -0.15) is 4.31 Å². The van der Waals surface area contributed by atoms with Crippen LogP contribution in [0.4, 0.5) is 18.9 Å². The predicted octanol–water partition coefficient (Wildman–Crippen LogP) is 3.17. The highest BCUT2D eigenvalue weighted by Crippen LogP contribution is 2.25. The molecule has 1 aliphatic rings. The fourth-order valence-electron chi connectivity index (χ4n) is 2.89. The third-order valence-corrected chi connectivity index (χ3v) is 6.42. The number of anilines is 1. The molecular weight excluding hydrogens is 425 g/mol. The number of sulfonamides is 1. The van der Waals surface area contributed by atoms with Gasteiger partial charge in [-0.05, 0) is 48.9 Å². The summed E-state index contributed by atoms with van der Waals surface area (Å²) in [5.74, 6) is -1.02. The van der Waals surface area contributed by atoms with Crippen molar-refractivity contribution in [2.75, 3.05) is 31.6 Å². The summed E-state index contributed by atoms with van der Waals surface area (Å²) in [7, 11) is -3.79. The van der Waals surface area contributed by atoms with Gasteiger partial charge in [0.1, 0.15) is 5.75 Å². The maximum Gasteiger partial charge on any atom is 0.573 e. The molecule has 2 aromatic carbocycles. The van der Waals surface area contributed by atoms with Gasteiger partial charge in [-0.1, -0.05) is 6.07 Å². The molecule has 162 valence electrons. The highest BCUT2D eigenvalue weighted by Gasteiger charge is 2.31. The zero-order chi connectivity index (χ0) is 21.9. The molecule has 2 aromatic rings. The quantitative estimate of drug-likeness (QED) is 0.766. The normalized spacial score (nSPS) is 15.6. The van der Waals surface area contributed by atoms with Gasteiger partial charge in [-0.25, -0.2) is 8.42 Å². The van der Waals surface area contributed by atoms with E-state index in [1.54, 1.807) is 6.92 Å². The molecule has 11 heteroatoms. The molecule has 0 bridgehead atoms. The number of rotatable bonds is 5. The van der Waals surface area contributed by atoms with Crippen LogP contribution < -0.4 is 10.1 Å². The Balaban J connectivity index is 1.78. The number of aryl methyl sites for hydroxylation is 1. The molecule has 0 aliphatic carbocycles. The van der Waals surface area contributed by atoms with Crippen LogP contribution in [0.25, 0.3) is 0 Å². The van der Waals surface area contributed by atoms with E-state index in [0.29, 0.717) is 18.8 Å². The fourth-order valence-corrected chi connectivity index (χ4v) is 4.55. The summed E-state index contributed by atoms with van der Waals surface area (Å²) >= 11 is 0. The Kier molecular flexibility index (Phi) is 6.34. The highest BCUT2D eigenvalue weighted by atomic mass is 32.2. The predicted molar refractivity (Wildman–Crippen MR) is 102 cm³/mol. The van der Waals surface area contributed by atoms with Crippen molar-refractivity contribution in [3.05, 3.63) is 53.6 Å². The van der Waals surface area contributed by atoms with Crippen LogP contribution in [0.5, 0.6) is 5.75 Å². The monoisotopic (exact) mass is 444 g/mol. The molecule has 0 atom stereocenters. The lowest BCUT2D eigenvalue weighted by atomic mass is 10.1. The van der Waals surface area contributed by atoms with E-state index in [-0.39, 0.29) is 29.2 Å². The Hall–Kier alpha value is -2.63. The molecule has 7 nitrogen and oxygen atoms in total. The molecule has 30 heavy (non-hydrogen) atoms. The minimum Gasteiger partial charge on any atom is -0.406 e. The summed E-state index contributed by atoms with van der Waals surface area (Å²) < 4.78 is 72.8. The molecule has 1 fully saturated rings. The van der Waals surface area contributed by atoms with Gasteiger partial charge in [-0.3, -0.25) is 4.79 Å². The van der Waals surface area contributed by atoms with Crippen molar-refractivity contribution in [1.29, 1.82) is 0 Å². The van der Waals surface area contributed by atoms with E-state index in [4.69, 9.17) is 4.74 Å². The van der Waals surface area contributed by atoms with Gasteiger partial charge in [-0.15, -0.1) is 13.2 Å². The molecule has 1 amide bonds. The molecule has 0 saturated carbocycles. The van der Waals surface area contributed by atoms with E-state index < -0.39 is 28.0 Å². The average Bonchev–Trinajstić information content (AvgIpc) is 2.69. The minimum absolute atomic E-state index is 0.0194. The number of ether oxygens (including phenoxy) is 2. The second kappa shape index (κ2) is 8.62. The summed E-state index contributed by atoms with van der Waals surface area (Å²) in [6.07, 6.45) is -4.81. The van der Waals surface area contributed by atoms with Crippen molar-refractivity contribution < 1.29 is 35.9 Å². The van der Waals surface area contributed by atoms with Crippen LogP contribution in [-0.2, 0) is 14.8 Å².